The van der Waals surface area contributed by atoms with Gasteiger partial charge in [-0.15, -0.1) is 10.2 Å². The molecule has 0 spiro atoms. The first-order valence-corrected chi connectivity index (χ1v) is 9.89. The maximum absolute atomic E-state index is 12.2. The van der Waals surface area contributed by atoms with Crippen LogP contribution in [0.3, 0.4) is 0 Å². The third-order valence-electron chi connectivity index (χ3n) is 3.59. The number of carbonyl (C=O) groups excluding carboxylic acids is 1. The van der Waals surface area contributed by atoms with E-state index in [4.69, 9.17) is 0 Å². The van der Waals surface area contributed by atoms with Crippen molar-refractivity contribution >= 4 is 34.1 Å². The second kappa shape index (κ2) is 8.78. The van der Waals surface area contributed by atoms with Crippen molar-refractivity contribution in [3.8, 4) is 0 Å². The van der Waals surface area contributed by atoms with Gasteiger partial charge in [0.1, 0.15) is 0 Å². The number of aryl methyl sites for hydroxylation is 2. The van der Waals surface area contributed by atoms with Crippen LogP contribution in [0.1, 0.15) is 27.9 Å². The normalized spacial score (nSPS) is 10.6. The van der Waals surface area contributed by atoms with Crippen LogP contribution in [0.25, 0.3) is 0 Å². The van der Waals surface area contributed by atoms with Gasteiger partial charge in [0.25, 0.3) is 5.91 Å². The van der Waals surface area contributed by atoms with Gasteiger partial charge in [-0.3, -0.25) is 10.1 Å². The van der Waals surface area contributed by atoms with Crippen molar-refractivity contribution in [1.82, 2.24) is 10.2 Å². The van der Waals surface area contributed by atoms with Crippen LogP contribution in [0.15, 0.2) is 58.9 Å². The van der Waals surface area contributed by atoms with Gasteiger partial charge >= 0.3 is 0 Å². The maximum Gasteiger partial charge on any atom is 0.257 e. The molecule has 1 heterocycles. The van der Waals surface area contributed by atoms with Crippen LogP contribution in [0, 0.1) is 6.92 Å². The number of rotatable bonds is 7. The number of benzene rings is 2. The van der Waals surface area contributed by atoms with Crippen LogP contribution in [0.5, 0.6) is 0 Å². The molecule has 0 unspecified atom stereocenters. The second-order valence-electron chi connectivity index (χ2n) is 5.63. The van der Waals surface area contributed by atoms with Crippen molar-refractivity contribution in [2.75, 3.05) is 11.1 Å². The van der Waals surface area contributed by atoms with Crippen LogP contribution in [0.4, 0.5) is 5.13 Å². The van der Waals surface area contributed by atoms with Gasteiger partial charge in [0.05, 0.1) is 0 Å². The van der Waals surface area contributed by atoms with Gasteiger partial charge in [-0.25, -0.2) is 0 Å². The summed E-state index contributed by atoms with van der Waals surface area (Å²) in [5.41, 5.74) is 3.04. The summed E-state index contributed by atoms with van der Waals surface area (Å²) in [6.45, 7) is 1.96. The molecule has 3 aromatic rings. The van der Waals surface area contributed by atoms with E-state index in [1.54, 1.807) is 17.8 Å². The predicted octanol–water partition coefficient (Wildman–Crippen LogP) is 4.82. The molecule has 1 aromatic heterocycles. The Morgan fingerprint density at radius 2 is 1.96 bits per heavy atom. The van der Waals surface area contributed by atoms with E-state index in [1.807, 2.05) is 31.2 Å². The Bertz CT molecular complexity index is 833. The maximum atomic E-state index is 12.2. The van der Waals surface area contributed by atoms with Crippen LogP contribution >= 0.6 is 23.1 Å². The number of carbonyl (C=O) groups is 1. The number of nitrogens with zero attached hydrogens (tertiary/aromatic N) is 2. The van der Waals surface area contributed by atoms with E-state index in [1.165, 1.54) is 16.9 Å². The quantitative estimate of drug-likeness (QED) is 0.368. The Balaban J connectivity index is 1.46. The van der Waals surface area contributed by atoms with Crippen LogP contribution < -0.4 is 5.32 Å². The predicted molar refractivity (Wildman–Crippen MR) is 105 cm³/mol. The summed E-state index contributed by atoms with van der Waals surface area (Å²) in [5.74, 6) is 0.829. The third-order valence-corrected chi connectivity index (χ3v) is 5.64. The van der Waals surface area contributed by atoms with Crippen molar-refractivity contribution in [2.24, 2.45) is 0 Å². The Labute approximate surface area is 155 Å². The number of amides is 1. The fraction of sp³-hybridized carbons (Fsp3) is 0.211. The molecule has 0 aliphatic rings. The average Bonchev–Trinajstić information content (AvgIpc) is 3.07. The lowest BCUT2D eigenvalue weighted by molar-refractivity contribution is 0.102. The number of aromatic nitrogens is 2. The molecular weight excluding hydrogens is 350 g/mol. The molecule has 0 fully saturated rings. The second-order valence-corrected chi connectivity index (χ2v) is 7.95. The molecule has 0 atom stereocenters. The molecule has 6 heteroatoms. The molecular formula is C19H19N3OS2. The molecule has 0 saturated carbocycles. The molecule has 1 N–H and O–H groups in total. The fourth-order valence-electron chi connectivity index (χ4n) is 2.35. The number of thioether (sulfide) groups is 1. The first-order valence-electron chi connectivity index (χ1n) is 8.09. The number of hydrogen-bond acceptors (Lipinski definition) is 5. The number of nitrogens with one attached hydrogen (secondary N) is 1. The van der Waals surface area contributed by atoms with E-state index in [0.29, 0.717) is 10.7 Å². The van der Waals surface area contributed by atoms with Gasteiger partial charge in [-0.2, -0.15) is 0 Å². The minimum Gasteiger partial charge on any atom is -0.296 e. The van der Waals surface area contributed by atoms with Gasteiger partial charge in [0, 0.05) is 11.3 Å². The fourth-order valence-corrected chi connectivity index (χ4v) is 4.11. The average molecular weight is 370 g/mol. The highest BCUT2D eigenvalue weighted by Crippen LogP contribution is 2.26. The number of anilines is 1. The molecule has 0 bridgehead atoms. The topological polar surface area (TPSA) is 54.9 Å². The lowest BCUT2D eigenvalue weighted by Crippen LogP contribution is -2.11. The Morgan fingerprint density at radius 1 is 1.12 bits per heavy atom. The van der Waals surface area contributed by atoms with Crippen LogP contribution in [-0.2, 0) is 6.42 Å². The number of hydrogen-bond donors (Lipinski definition) is 1. The molecule has 4 nitrogen and oxygen atoms in total. The summed E-state index contributed by atoms with van der Waals surface area (Å²) in [7, 11) is 0. The van der Waals surface area contributed by atoms with E-state index in [2.05, 4.69) is 39.8 Å². The summed E-state index contributed by atoms with van der Waals surface area (Å²) in [5, 5.41) is 11.6. The molecule has 0 aliphatic carbocycles. The van der Waals surface area contributed by atoms with Gasteiger partial charge in [-0.1, -0.05) is 71.1 Å². The standard InChI is InChI=1S/C19H19N3OS2/c1-14-7-5-11-16(13-14)17(23)20-18-21-22-19(25-18)24-12-6-10-15-8-3-2-4-9-15/h2-5,7-9,11,13H,6,10,12H2,1H3,(H,20,21,23). The lowest BCUT2D eigenvalue weighted by Gasteiger charge is -2.01. The summed E-state index contributed by atoms with van der Waals surface area (Å²) in [4.78, 5) is 12.2. The zero-order chi connectivity index (χ0) is 17.5. The highest BCUT2D eigenvalue weighted by molar-refractivity contribution is 8.01. The van der Waals surface area contributed by atoms with Gasteiger partial charge in [-0.05, 0) is 37.5 Å². The summed E-state index contributed by atoms with van der Waals surface area (Å²) in [6, 6.07) is 17.9. The van der Waals surface area contributed by atoms with E-state index < -0.39 is 0 Å². The Morgan fingerprint density at radius 3 is 2.76 bits per heavy atom. The summed E-state index contributed by atoms with van der Waals surface area (Å²) >= 11 is 3.09. The molecule has 3 rings (SSSR count). The van der Waals surface area contributed by atoms with Crippen molar-refractivity contribution in [1.29, 1.82) is 0 Å². The van der Waals surface area contributed by atoms with E-state index in [-0.39, 0.29) is 5.91 Å². The zero-order valence-electron chi connectivity index (χ0n) is 13.9. The smallest absolute Gasteiger partial charge is 0.257 e. The third kappa shape index (κ3) is 5.41. The van der Waals surface area contributed by atoms with Gasteiger partial charge in [0.15, 0.2) is 4.34 Å². The molecule has 25 heavy (non-hydrogen) atoms. The monoisotopic (exact) mass is 369 g/mol. The largest absolute Gasteiger partial charge is 0.296 e. The highest BCUT2D eigenvalue weighted by Gasteiger charge is 2.10. The van der Waals surface area contributed by atoms with Gasteiger partial charge < -0.3 is 0 Å². The molecule has 128 valence electrons. The molecule has 0 saturated heterocycles. The van der Waals surface area contributed by atoms with E-state index >= 15 is 0 Å². The summed E-state index contributed by atoms with van der Waals surface area (Å²) < 4.78 is 0.882. The molecule has 0 aliphatic heterocycles. The minimum atomic E-state index is -0.152. The van der Waals surface area contributed by atoms with Crippen LogP contribution in [0.2, 0.25) is 0 Å². The van der Waals surface area contributed by atoms with Crippen molar-refractivity contribution in [3.05, 3.63) is 71.3 Å². The van der Waals surface area contributed by atoms with Crippen molar-refractivity contribution < 1.29 is 4.79 Å². The zero-order valence-corrected chi connectivity index (χ0v) is 15.6. The first-order chi connectivity index (χ1) is 12.2. The molecule has 2 aromatic carbocycles. The van der Waals surface area contributed by atoms with Gasteiger partial charge in [0.2, 0.25) is 5.13 Å². The van der Waals surface area contributed by atoms with E-state index in [9.17, 15) is 4.79 Å². The summed E-state index contributed by atoms with van der Waals surface area (Å²) in [6.07, 6.45) is 2.14. The molecule has 0 radical (unpaired) electrons. The Hall–Kier alpha value is -2.18. The first kappa shape index (κ1) is 17.6. The van der Waals surface area contributed by atoms with Crippen LogP contribution in [-0.4, -0.2) is 21.9 Å². The highest BCUT2D eigenvalue weighted by atomic mass is 32.2. The van der Waals surface area contributed by atoms with E-state index in [0.717, 1.165) is 28.5 Å². The molecule has 1 amide bonds. The Kier molecular flexibility index (Phi) is 6.19. The minimum absolute atomic E-state index is 0.152. The lowest BCUT2D eigenvalue weighted by atomic mass is 10.1. The SMILES string of the molecule is Cc1cccc(C(=O)Nc2nnc(SCCCc3ccccc3)s2)c1. The van der Waals surface area contributed by atoms with Crippen molar-refractivity contribution in [3.63, 3.8) is 0 Å². The van der Waals surface area contributed by atoms with Crippen molar-refractivity contribution in [2.45, 2.75) is 24.1 Å².